The van der Waals surface area contributed by atoms with Crippen LogP contribution >= 0.6 is 31.9 Å². The molecular weight excluding hydrogens is 276 g/mol. The van der Waals surface area contributed by atoms with Crippen LogP contribution in [0.2, 0.25) is 19.6 Å². The summed E-state index contributed by atoms with van der Waals surface area (Å²) in [6.07, 6.45) is 0. The topological polar surface area (TPSA) is 9.23 Å². The fraction of sp³-hybridized carbons (Fsp3) is 0.667. The van der Waals surface area contributed by atoms with Gasteiger partial charge < -0.3 is 4.43 Å². The van der Waals surface area contributed by atoms with Gasteiger partial charge in [-0.25, -0.2) is 0 Å². The molecule has 1 nitrogen and oxygen atoms in total. The summed E-state index contributed by atoms with van der Waals surface area (Å²) in [5, 5.41) is 0. The van der Waals surface area contributed by atoms with E-state index in [9.17, 15) is 0 Å². The molecule has 0 aromatic carbocycles. The maximum atomic E-state index is 5.58. The predicted octanol–water partition coefficient (Wildman–Crippen LogP) is 3.47. The van der Waals surface area contributed by atoms with E-state index in [2.05, 4.69) is 51.5 Å². The van der Waals surface area contributed by atoms with E-state index in [0.29, 0.717) is 6.61 Å². The van der Waals surface area contributed by atoms with Gasteiger partial charge in [0, 0.05) is 4.48 Å². The van der Waals surface area contributed by atoms with Gasteiger partial charge in [0.05, 0.1) is 6.61 Å². The highest BCUT2D eigenvalue weighted by Crippen LogP contribution is 2.11. The maximum Gasteiger partial charge on any atom is 0.184 e. The highest BCUT2D eigenvalue weighted by Gasteiger charge is 2.13. The second-order valence-electron chi connectivity index (χ2n) is 2.96. The third-order valence-electron chi connectivity index (χ3n) is 0.761. The molecule has 0 heterocycles. The molecule has 0 amide bonds. The second-order valence-corrected chi connectivity index (χ2v) is 8.95. The summed E-state index contributed by atoms with van der Waals surface area (Å²) in [6.45, 7) is 7.19. The summed E-state index contributed by atoms with van der Waals surface area (Å²) in [5.41, 5.74) is 0. The molecule has 60 valence electrons. The Morgan fingerprint density at radius 1 is 1.50 bits per heavy atom. The van der Waals surface area contributed by atoms with Crippen LogP contribution in [0.25, 0.3) is 0 Å². The molecule has 0 aliphatic carbocycles. The van der Waals surface area contributed by atoms with E-state index in [1.165, 1.54) is 0 Å². The van der Waals surface area contributed by atoms with Crippen LogP contribution in [0, 0.1) is 0 Å². The maximum absolute atomic E-state index is 5.58. The molecule has 0 aliphatic rings. The minimum absolute atomic E-state index is 0.682. The first kappa shape index (κ1) is 10.9. The van der Waals surface area contributed by atoms with E-state index < -0.39 is 8.32 Å². The van der Waals surface area contributed by atoms with Crippen molar-refractivity contribution >= 4 is 40.2 Å². The standard InChI is InChI=1S/C6H12Br2OSi/c1-10(2,3)9-5-6(8)4-7/h4H,5H2,1-3H3. The number of hydrogen-bond donors (Lipinski definition) is 0. The van der Waals surface area contributed by atoms with Crippen LogP contribution in [0.4, 0.5) is 0 Å². The minimum Gasteiger partial charge on any atom is -0.413 e. The van der Waals surface area contributed by atoms with E-state index in [1.807, 2.05) is 4.99 Å². The van der Waals surface area contributed by atoms with Crippen LogP contribution in [0.5, 0.6) is 0 Å². The fourth-order valence-electron chi connectivity index (χ4n) is 0.317. The van der Waals surface area contributed by atoms with Crippen LogP contribution < -0.4 is 0 Å². The Morgan fingerprint density at radius 3 is 2.30 bits per heavy atom. The van der Waals surface area contributed by atoms with Crippen LogP contribution in [-0.4, -0.2) is 14.9 Å². The number of hydrogen-bond acceptors (Lipinski definition) is 1. The summed E-state index contributed by atoms with van der Waals surface area (Å²) in [6, 6.07) is 0. The van der Waals surface area contributed by atoms with Gasteiger partial charge in [0.25, 0.3) is 0 Å². The van der Waals surface area contributed by atoms with Gasteiger partial charge in [0.15, 0.2) is 8.32 Å². The quantitative estimate of drug-likeness (QED) is 0.722. The van der Waals surface area contributed by atoms with Crippen molar-refractivity contribution < 1.29 is 4.43 Å². The first-order valence-corrected chi connectivity index (χ1v) is 8.16. The normalized spacial score (nSPS) is 13.9. The highest BCUT2D eigenvalue weighted by atomic mass is 79.9. The zero-order chi connectivity index (χ0) is 8.20. The molecule has 0 aliphatic heterocycles. The Labute approximate surface area is 80.2 Å². The SMILES string of the molecule is C[Si](C)(C)OCC(Br)=CBr. The molecule has 0 fully saturated rings. The summed E-state index contributed by atoms with van der Waals surface area (Å²) >= 11 is 6.55. The average molecular weight is 288 g/mol. The third-order valence-corrected chi connectivity index (χ3v) is 3.40. The van der Waals surface area contributed by atoms with Crippen molar-refractivity contribution in [2.45, 2.75) is 19.6 Å². The molecule has 0 spiro atoms. The van der Waals surface area contributed by atoms with Crippen molar-refractivity contribution in [3.63, 3.8) is 0 Å². The Morgan fingerprint density at radius 2 is 2.00 bits per heavy atom. The van der Waals surface area contributed by atoms with Gasteiger partial charge in [-0.2, -0.15) is 0 Å². The molecule has 0 aromatic heterocycles. The lowest BCUT2D eigenvalue weighted by Gasteiger charge is -2.16. The number of halogens is 2. The molecule has 0 rings (SSSR count). The van der Waals surface area contributed by atoms with Gasteiger partial charge in [-0.05, 0) is 24.6 Å². The summed E-state index contributed by atoms with van der Waals surface area (Å²) in [5.74, 6) is 0. The summed E-state index contributed by atoms with van der Waals surface area (Å²) in [7, 11) is -1.33. The zero-order valence-electron chi connectivity index (χ0n) is 6.45. The summed E-state index contributed by atoms with van der Waals surface area (Å²) in [4.78, 5) is 1.83. The largest absolute Gasteiger partial charge is 0.413 e. The lowest BCUT2D eigenvalue weighted by atomic mass is 10.7. The van der Waals surface area contributed by atoms with Gasteiger partial charge in [-0.1, -0.05) is 31.9 Å². The van der Waals surface area contributed by atoms with Gasteiger partial charge in [0.2, 0.25) is 0 Å². The molecule has 0 unspecified atom stereocenters. The Kier molecular flexibility index (Phi) is 5.11. The van der Waals surface area contributed by atoms with Gasteiger partial charge >= 0.3 is 0 Å². The molecule has 10 heavy (non-hydrogen) atoms. The smallest absolute Gasteiger partial charge is 0.184 e. The number of rotatable bonds is 3. The van der Waals surface area contributed by atoms with E-state index in [0.717, 1.165) is 4.48 Å². The van der Waals surface area contributed by atoms with Crippen molar-refractivity contribution in [3.8, 4) is 0 Å². The lowest BCUT2D eigenvalue weighted by molar-refractivity contribution is 0.355. The van der Waals surface area contributed by atoms with E-state index in [4.69, 9.17) is 4.43 Å². The molecule has 0 radical (unpaired) electrons. The van der Waals surface area contributed by atoms with Gasteiger partial charge in [0.1, 0.15) is 0 Å². The Bertz CT molecular complexity index is 128. The van der Waals surface area contributed by atoms with E-state index >= 15 is 0 Å². The van der Waals surface area contributed by atoms with Crippen molar-refractivity contribution in [3.05, 3.63) is 9.47 Å². The predicted molar refractivity (Wildman–Crippen MR) is 55.2 cm³/mol. The first-order valence-electron chi connectivity index (χ1n) is 3.04. The van der Waals surface area contributed by atoms with Gasteiger partial charge in [-0.15, -0.1) is 0 Å². The molecule has 0 aromatic rings. The lowest BCUT2D eigenvalue weighted by Crippen LogP contribution is -2.25. The van der Waals surface area contributed by atoms with Gasteiger partial charge in [-0.3, -0.25) is 0 Å². The van der Waals surface area contributed by atoms with Crippen LogP contribution in [0.15, 0.2) is 9.47 Å². The summed E-state index contributed by atoms with van der Waals surface area (Å²) < 4.78 is 6.63. The molecule has 4 heteroatoms. The van der Waals surface area contributed by atoms with E-state index in [1.54, 1.807) is 0 Å². The van der Waals surface area contributed by atoms with Crippen LogP contribution in [-0.2, 0) is 4.43 Å². The average Bonchev–Trinajstić information content (AvgIpc) is 1.81. The Balaban J connectivity index is 3.56. The van der Waals surface area contributed by atoms with Crippen LogP contribution in [0.3, 0.4) is 0 Å². The first-order chi connectivity index (χ1) is 4.45. The molecule has 0 N–H and O–H groups in total. The molecular formula is C6H12Br2OSi. The minimum atomic E-state index is -1.33. The molecule has 0 bridgehead atoms. The monoisotopic (exact) mass is 286 g/mol. The van der Waals surface area contributed by atoms with Crippen molar-refractivity contribution in [2.24, 2.45) is 0 Å². The molecule has 0 saturated heterocycles. The van der Waals surface area contributed by atoms with Crippen molar-refractivity contribution in [1.29, 1.82) is 0 Å². The van der Waals surface area contributed by atoms with E-state index in [-0.39, 0.29) is 0 Å². The molecule has 0 saturated carbocycles. The second kappa shape index (κ2) is 4.69. The zero-order valence-corrected chi connectivity index (χ0v) is 10.6. The van der Waals surface area contributed by atoms with Crippen molar-refractivity contribution in [2.75, 3.05) is 6.61 Å². The van der Waals surface area contributed by atoms with Crippen LogP contribution in [0.1, 0.15) is 0 Å². The fourth-order valence-corrected chi connectivity index (χ4v) is 1.36. The Hall–Kier alpha value is 0.877. The third kappa shape index (κ3) is 6.99. The highest BCUT2D eigenvalue weighted by molar-refractivity contribution is 9.14. The van der Waals surface area contributed by atoms with Crippen molar-refractivity contribution in [1.82, 2.24) is 0 Å². The molecule has 0 atom stereocenters.